The number of rotatable bonds is 3. The summed E-state index contributed by atoms with van der Waals surface area (Å²) in [5, 5.41) is 0. The molecule has 0 atom stereocenters. The first-order valence-corrected chi connectivity index (χ1v) is 6.94. The van der Waals surface area contributed by atoms with E-state index in [-0.39, 0.29) is 23.8 Å². The van der Waals surface area contributed by atoms with Crippen molar-refractivity contribution in [2.24, 2.45) is 5.73 Å². The van der Waals surface area contributed by atoms with Gasteiger partial charge in [-0.3, -0.25) is 4.79 Å². The van der Waals surface area contributed by atoms with Crippen LogP contribution in [0.1, 0.15) is 43.0 Å². The first kappa shape index (κ1) is 14.0. The monoisotopic (exact) mass is 264 g/mol. The largest absolute Gasteiger partial charge is 0.336 e. The number of halogens is 1. The molecule has 0 unspecified atom stereocenters. The van der Waals surface area contributed by atoms with Crippen molar-refractivity contribution in [1.82, 2.24) is 4.90 Å². The van der Waals surface area contributed by atoms with Crippen molar-refractivity contribution in [3.63, 3.8) is 0 Å². The third-order valence-electron chi connectivity index (χ3n) is 3.87. The molecule has 0 radical (unpaired) electrons. The van der Waals surface area contributed by atoms with Crippen LogP contribution in [0, 0.1) is 5.82 Å². The average Bonchev–Trinajstić information content (AvgIpc) is 2.42. The Morgan fingerprint density at radius 3 is 2.37 bits per heavy atom. The van der Waals surface area contributed by atoms with Crippen LogP contribution in [0.15, 0.2) is 24.3 Å². The lowest BCUT2D eigenvalue weighted by Gasteiger charge is -2.35. The molecule has 0 bridgehead atoms. The van der Waals surface area contributed by atoms with Crippen LogP contribution in [0.25, 0.3) is 0 Å². The van der Waals surface area contributed by atoms with Gasteiger partial charge in [0.05, 0.1) is 0 Å². The zero-order valence-corrected chi connectivity index (χ0v) is 11.3. The molecular formula is C15H21FN2O. The molecule has 104 valence electrons. The molecule has 0 heterocycles. The van der Waals surface area contributed by atoms with Gasteiger partial charge in [-0.25, -0.2) is 4.39 Å². The molecule has 1 saturated carbocycles. The summed E-state index contributed by atoms with van der Waals surface area (Å²) < 4.78 is 12.9. The molecule has 0 aromatic heterocycles. The second-order valence-corrected chi connectivity index (χ2v) is 5.17. The summed E-state index contributed by atoms with van der Waals surface area (Å²) in [7, 11) is 0. The third-order valence-corrected chi connectivity index (χ3v) is 3.87. The van der Waals surface area contributed by atoms with Crippen molar-refractivity contribution in [2.45, 2.75) is 44.7 Å². The van der Waals surface area contributed by atoms with Crippen molar-refractivity contribution in [1.29, 1.82) is 0 Å². The van der Waals surface area contributed by atoms with Gasteiger partial charge in [-0.05, 0) is 56.9 Å². The van der Waals surface area contributed by atoms with E-state index < -0.39 is 0 Å². The Bertz CT molecular complexity index is 424. The molecule has 0 aliphatic heterocycles. The van der Waals surface area contributed by atoms with Crippen molar-refractivity contribution in [3.8, 4) is 0 Å². The molecule has 0 saturated heterocycles. The van der Waals surface area contributed by atoms with Gasteiger partial charge in [0.1, 0.15) is 5.82 Å². The van der Waals surface area contributed by atoms with Crippen LogP contribution in [-0.4, -0.2) is 29.4 Å². The van der Waals surface area contributed by atoms with E-state index in [1.54, 1.807) is 12.1 Å². The molecule has 1 amide bonds. The second-order valence-electron chi connectivity index (χ2n) is 5.17. The van der Waals surface area contributed by atoms with Gasteiger partial charge in [0.25, 0.3) is 5.91 Å². The number of carbonyl (C=O) groups is 1. The highest BCUT2D eigenvalue weighted by atomic mass is 19.1. The molecule has 1 aliphatic carbocycles. The maximum absolute atomic E-state index is 12.9. The van der Waals surface area contributed by atoms with Crippen molar-refractivity contribution >= 4 is 5.91 Å². The van der Waals surface area contributed by atoms with Crippen LogP contribution in [-0.2, 0) is 0 Å². The molecule has 2 rings (SSSR count). The number of hydrogen-bond donors (Lipinski definition) is 1. The maximum atomic E-state index is 12.9. The Kier molecular flexibility index (Phi) is 4.53. The highest BCUT2D eigenvalue weighted by molar-refractivity contribution is 5.94. The lowest BCUT2D eigenvalue weighted by molar-refractivity contribution is 0.0640. The highest BCUT2D eigenvalue weighted by Crippen LogP contribution is 2.23. The molecule has 2 N–H and O–H groups in total. The summed E-state index contributed by atoms with van der Waals surface area (Å²) in [5.41, 5.74) is 6.45. The van der Waals surface area contributed by atoms with Gasteiger partial charge in [0.15, 0.2) is 0 Å². The Balaban J connectivity index is 2.08. The molecule has 0 spiro atoms. The minimum atomic E-state index is -0.316. The summed E-state index contributed by atoms with van der Waals surface area (Å²) in [6.45, 7) is 2.66. The fraction of sp³-hybridized carbons (Fsp3) is 0.533. The highest BCUT2D eigenvalue weighted by Gasteiger charge is 2.27. The lowest BCUT2D eigenvalue weighted by atomic mass is 9.90. The predicted octanol–water partition coefficient (Wildman–Crippen LogP) is 2.56. The molecule has 3 nitrogen and oxygen atoms in total. The van der Waals surface area contributed by atoms with E-state index in [4.69, 9.17) is 5.73 Å². The van der Waals surface area contributed by atoms with E-state index in [2.05, 4.69) is 0 Å². The Morgan fingerprint density at radius 1 is 1.26 bits per heavy atom. The van der Waals surface area contributed by atoms with Crippen LogP contribution in [0.5, 0.6) is 0 Å². The number of carbonyl (C=O) groups excluding carboxylic acids is 1. The van der Waals surface area contributed by atoms with E-state index >= 15 is 0 Å². The molecule has 1 aliphatic rings. The smallest absolute Gasteiger partial charge is 0.254 e. The van der Waals surface area contributed by atoms with Crippen molar-refractivity contribution in [2.75, 3.05) is 6.54 Å². The van der Waals surface area contributed by atoms with E-state index in [1.165, 1.54) is 12.1 Å². The van der Waals surface area contributed by atoms with E-state index in [9.17, 15) is 9.18 Å². The molecule has 1 fully saturated rings. The first-order chi connectivity index (χ1) is 9.11. The molecule has 4 heteroatoms. The Morgan fingerprint density at radius 2 is 1.84 bits per heavy atom. The zero-order valence-electron chi connectivity index (χ0n) is 11.3. The third kappa shape index (κ3) is 3.32. The van der Waals surface area contributed by atoms with Gasteiger partial charge >= 0.3 is 0 Å². The fourth-order valence-corrected chi connectivity index (χ4v) is 2.74. The first-order valence-electron chi connectivity index (χ1n) is 6.94. The summed E-state index contributed by atoms with van der Waals surface area (Å²) in [5.74, 6) is -0.328. The molecular weight excluding hydrogens is 243 g/mol. The predicted molar refractivity (Wildman–Crippen MR) is 73.3 cm³/mol. The molecule has 1 aromatic rings. The van der Waals surface area contributed by atoms with Crippen LogP contribution in [0.2, 0.25) is 0 Å². The van der Waals surface area contributed by atoms with E-state index in [1.807, 2.05) is 11.8 Å². The molecule has 19 heavy (non-hydrogen) atoms. The average molecular weight is 264 g/mol. The summed E-state index contributed by atoms with van der Waals surface area (Å²) in [6, 6.07) is 6.30. The van der Waals surface area contributed by atoms with Gasteiger partial charge in [0, 0.05) is 24.2 Å². The second kappa shape index (κ2) is 6.15. The Labute approximate surface area is 113 Å². The van der Waals surface area contributed by atoms with Crippen LogP contribution < -0.4 is 5.73 Å². The quantitative estimate of drug-likeness (QED) is 0.912. The SMILES string of the molecule is CCN(C(=O)c1ccc(F)cc1)C1CCC(N)CC1. The van der Waals surface area contributed by atoms with Crippen molar-refractivity contribution < 1.29 is 9.18 Å². The van der Waals surface area contributed by atoms with Crippen LogP contribution >= 0.6 is 0 Å². The summed E-state index contributed by atoms with van der Waals surface area (Å²) in [6.07, 6.45) is 3.86. The maximum Gasteiger partial charge on any atom is 0.254 e. The number of nitrogens with two attached hydrogens (primary N) is 1. The lowest BCUT2D eigenvalue weighted by Crippen LogP contribution is -2.44. The van der Waals surface area contributed by atoms with Crippen molar-refractivity contribution in [3.05, 3.63) is 35.6 Å². The fourth-order valence-electron chi connectivity index (χ4n) is 2.74. The van der Waals surface area contributed by atoms with Gasteiger partial charge in [-0.1, -0.05) is 0 Å². The Hall–Kier alpha value is -1.42. The normalized spacial score (nSPS) is 23.1. The van der Waals surface area contributed by atoms with Gasteiger partial charge in [-0.2, -0.15) is 0 Å². The number of amides is 1. The number of hydrogen-bond acceptors (Lipinski definition) is 2. The number of benzene rings is 1. The minimum absolute atomic E-state index is 0.0111. The molecule has 1 aromatic carbocycles. The number of nitrogens with zero attached hydrogens (tertiary/aromatic N) is 1. The minimum Gasteiger partial charge on any atom is -0.336 e. The van der Waals surface area contributed by atoms with Crippen LogP contribution in [0.4, 0.5) is 4.39 Å². The van der Waals surface area contributed by atoms with Gasteiger partial charge < -0.3 is 10.6 Å². The summed E-state index contributed by atoms with van der Waals surface area (Å²) >= 11 is 0. The van der Waals surface area contributed by atoms with E-state index in [0.717, 1.165) is 25.7 Å². The summed E-state index contributed by atoms with van der Waals surface area (Å²) in [4.78, 5) is 14.3. The topological polar surface area (TPSA) is 46.3 Å². The van der Waals surface area contributed by atoms with Gasteiger partial charge in [-0.15, -0.1) is 0 Å². The standard InChI is InChI=1S/C15H21FN2O/c1-2-18(14-9-7-13(17)8-10-14)15(19)11-3-5-12(16)6-4-11/h3-6,13-14H,2,7-10,17H2,1H3. The van der Waals surface area contributed by atoms with E-state index in [0.29, 0.717) is 12.1 Å². The van der Waals surface area contributed by atoms with Crippen LogP contribution in [0.3, 0.4) is 0 Å². The van der Waals surface area contributed by atoms with Gasteiger partial charge in [0.2, 0.25) is 0 Å². The zero-order chi connectivity index (χ0) is 13.8.